The van der Waals surface area contributed by atoms with Crippen molar-refractivity contribution >= 4 is 34.5 Å². The molecule has 4 unspecified atom stereocenters. The molecule has 5 atom stereocenters. The summed E-state index contributed by atoms with van der Waals surface area (Å²) >= 11 is 3.56. The molecule has 2 saturated heterocycles. The Balaban J connectivity index is 1.22. The van der Waals surface area contributed by atoms with E-state index in [0.717, 1.165) is 57.7 Å². The third-order valence-corrected chi connectivity index (χ3v) is 8.85. The van der Waals surface area contributed by atoms with Crippen molar-refractivity contribution in [2.24, 2.45) is 10.9 Å². The number of aliphatic imine (C=N–C) groups is 1. The molecule has 0 aromatic heterocycles. The zero-order chi connectivity index (χ0) is 19.6. The number of carbonyl (C=O) groups is 1. The van der Waals surface area contributed by atoms with Crippen molar-refractivity contribution < 1.29 is 4.79 Å². The molecule has 0 aromatic carbocycles. The standard InChI is InChI=1S/C20H30N6OS2/c27-19(24-18-16(5-6-22-25-18)26-9-7-21-8-10-26)20-23-15(12-29-20)14-11-28-17-4-2-1-3-13(14)17/h1-2,11,13,15-18,21-22,25H,3-10,12H2,(H,24,27)/t13-,15?,16?,17?,18?/m0/s1. The second kappa shape index (κ2) is 9.11. The summed E-state index contributed by atoms with van der Waals surface area (Å²) in [5.41, 5.74) is 7.95. The Morgan fingerprint density at radius 1 is 1.21 bits per heavy atom. The molecule has 0 radical (unpaired) electrons. The predicted molar refractivity (Wildman–Crippen MR) is 121 cm³/mol. The molecule has 4 aliphatic heterocycles. The SMILES string of the molecule is O=C(NC1NNCCC1N1CCNCC1)C1=NC(C2=CSC3CC=CC[C@@H]23)CS1. The number of hydrazine groups is 1. The topological polar surface area (TPSA) is 80.8 Å². The fourth-order valence-corrected chi connectivity index (χ4v) is 7.26. The number of amides is 1. The van der Waals surface area contributed by atoms with Gasteiger partial charge in [0.25, 0.3) is 5.91 Å². The molecule has 4 N–H and O–H groups in total. The van der Waals surface area contributed by atoms with E-state index in [1.807, 2.05) is 11.8 Å². The molecule has 0 saturated carbocycles. The van der Waals surface area contributed by atoms with Crippen LogP contribution in [0.1, 0.15) is 19.3 Å². The molecule has 0 bridgehead atoms. The van der Waals surface area contributed by atoms with Gasteiger partial charge in [0.2, 0.25) is 0 Å². The molecular formula is C20H30N6OS2. The van der Waals surface area contributed by atoms with Gasteiger partial charge in [0.15, 0.2) is 5.04 Å². The van der Waals surface area contributed by atoms with Crippen LogP contribution in [0.4, 0.5) is 0 Å². The Morgan fingerprint density at radius 2 is 2.07 bits per heavy atom. The van der Waals surface area contributed by atoms with Gasteiger partial charge in [0, 0.05) is 49.8 Å². The van der Waals surface area contributed by atoms with E-state index >= 15 is 0 Å². The number of nitrogens with one attached hydrogen (secondary N) is 4. The van der Waals surface area contributed by atoms with Gasteiger partial charge in [0.05, 0.1) is 6.04 Å². The highest BCUT2D eigenvalue weighted by atomic mass is 32.2. The first-order valence-electron chi connectivity index (χ1n) is 10.7. The average molecular weight is 435 g/mol. The lowest BCUT2D eigenvalue weighted by molar-refractivity contribution is -0.116. The lowest BCUT2D eigenvalue weighted by Gasteiger charge is -2.42. The lowest BCUT2D eigenvalue weighted by atomic mass is 9.85. The number of hydrogen-bond acceptors (Lipinski definition) is 8. The summed E-state index contributed by atoms with van der Waals surface area (Å²) in [6, 6.07) is 0.477. The first-order valence-corrected chi connectivity index (χ1v) is 12.7. The van der Waals surface area contributed by atoms with Crippen LogP contribution in [0.2, 0.25) is 0 Å². The second-order valence-electron chi connectivity index (χ2n) is 8.27. The number of hydrogen-bond donors (Lipinski definition) is 4. The Morgan fingerprint density at radius 3 is 2.97 bits per heavy atom. The summed E-state index contributed by atoms with van der Waals surface area (Å²) < 4.78 is 0. The molecule has 7 nitrogen and oxygen atoms in total. The summed E-state index contributed by atoms with van der Waals surface area (Å²) in [5, 5.41) is 10.3. The molecule has 1 aliphatic carbocycles. The number of nitrogens with zero attached hydrogens (tertiary/aromatic N) is 2. The van der Waals surface area contributed by atoms with Crippen LogP contribution in [0.3, 0.4) is 0 Å². The summed E-state index contributed by atoms with van der Waals surface area (Å²) in [6.07, 6.45) is 7.81. The number of thioether (sulfide) groups is 2. The van der Waals surface area contributed by atoms with E-state index in [-0.39, 0.29) is 18.1 Å². The van der Waals surface area contributed by atoms with Crippen molar-refractivity contribution in [3.63, 3.8) is 0 Å². The smallest absolute Gasteiger partial charge is 0.277 e. The minimum atomic E-state index is -0.0918. The predicted octanol–water partition coefficient (Wildman–Crippen LogP) is 0.680. The molecule has 158 valence electrons. The Bertz CT molecular complexity index is 720. The average Bonchev–Trinajstić information content (AvgIpc) is 3.42. The van der Waals surface area contributed by atoms with Gasteiger partial charge in [-0.3, -0.25) is 20.1 Å². The first kappa shape index (κ1) is 20.1. The molecule has 4 heterocycles. The van der Waals surface area contributed by atoms with Crippen molar-refractivity contribution in [3.8, 4) is 0 Å². The first-order chi connectivity index (χ1) is 14.3. The zero-order valence-electron chi connectivity index (χ0n) is 16.6. The van der Waals surface area contributed by atoms with Crippen molar-refractivity contribution in [1.82, 2.24) is 26.4 Å². The van der Waals surface area contributed by atoms with Gasteiger partial charge < -0.3 is 10.6 Å². The van der Waals surface area contributed by atoms with Gasteiger partial charge in [-0.2, -0.15) is 0 Å². The van der Waals surface area contributed by atoms with Crippen LogP contribution in [0.15, 0.2) is 28.1 Å². The number of fused-ring (bicyclic) bond motifs is 1. The van der Waals surface area contributed by atoms with Gasteiger partial charge in [0.1, 0.15) is 6.17 Å². The molecule has 0 spiro atoms. The molecule has 29 heavy (non-hydrogen) atoms. The van der Waals surface area contributed by atoms with Crippen LogP contribution >= 0.6 is 23.5 Å². The van der Waals surface area contributed by atoms with Gasteiger partial charge in [-0.05, 0) is 36.2 Å². The molecule has 5 aliphatic rings. The molecule has 1 amide bonds. The number of carbonyl (C=O) groups excluding carboxylic acids is 1. The highest BCUT2D eigenvalue weighted by Gasteiger charge is 2.38. The molecule has 0 aromatic rings. The van der Waals surface area contributed by atoms with Crippen molar-refractivity contribution in [1.29, 1.82) is 0 Å². The largest absolute Gasteiger partial charge is 0.332 e. The van der Waals surface area contributed by atoms with Crippen molar-refractivity contribution in [2.45, 2.75) is 42.8 Å². The third-order valence-electron chi connectivity index (χ3n) is 6.53. The van der Waals surface area contributed by atoms with E-state index < -0.39 is 0 Å². The van der Waals surface area contributed by atoms with Crippen LogP contribution < -0.4 is 21.5 Å². The molecule has 9 heteroatoms. The van der Waals surface area contributed by atoms with Crippen LogP contribution in [0.5, 0.6) is 0 Å². The van der Waals surface area contributed by atoms with Crippen molar-refractivity contribution in [3.05, 3.63) is 23.1 Å². The highest BCUT2D eigenvalue weighted by Crippen LogP contribution is 2.45. The van der Waals surface area contributed by atoms with E-state index in [9.17, 15) is 4.79 Å². The summed E-state index contributed by atoms with van der Waals surface area (Å²) in [4.78, 5) is 20.3. The van der Waals surface area contributed by atoms with Crippen LogP contribution in [0.25, 0.3) is 0 Å². The molecular weight excluding hydrogens is 404 g/mol. The number of allylic oxidation sites excluding steroid dienone is 2. The summed E-state index contributed by atoms with van der Waals surface area (Å²) in [5.74, 6) is 1.45. The zero-order valence-corrected chi connectivity index (χ0v) is 18.2. The second-order valence-corrected chi connectivity index (χ2v) is 10.4. The Hall–Kier alpha value is -0.840. The fraction of sp³-hybridized carbons (Fsp3) is 0.700. The summed E-state index contributed by atoms with van der Waals surface area (Å²) in [7, 11) is 0. The maximum Gasteiger partial charge on any atom is 0.277 e. The number of rotatable bonds is 4. The fourth-order valence-electron chi connectivity index (χ4n) is 4.95. The molecule has 5 rings (SSSR count). The van der Waals surface area contributed by atoms with Crippen LogP contribution in [-0.2, 0) is 4.79 Å². The van der Waals surface area contributed by atoms with E-state index in [4.69, 9.17) is 4.99 Å². The van der Waals surface area contributed by atoms with E-state index in [1.165, 1.54) is 5.57 Å². The minimum absolute atomic E-state index is 0.0369. The van der Waals surface area contributed by atoms with Gasteiger partial charge in [-0.1, -0.05) is 23.9 Å². The maximum absolute atomic E-state index is 13.0. The van der Waals surface area contributed by atoms with Crippen LogP contribution in [-0.4, -0.2) is 77.8 Å². The van der Waals surface area contributed by atoms with E-state index in [2.05, 4.69) is 43.9 Å². The van der Waals surface area contributed by atoms with Gasteiger partial charge >= 0.3 is 0 Å². The maximum atomic E-state index is 13.0. The highest BCUT2D eigenvalue weighted by molar-refractivity contribution is 8.16. The lowest BCUT2D eigenvalue weighted by Crippen LogP contribution is -2.67. The van der Waals surface area contributed by atoms with Crippen molar-refractivity contribution in [2.75, 3.05) is 38.5 Å². The van der Waals surface area contributed by atoms with E-state index in [1.54, 1.807) is 11.8 Å². The minimum Gasteiger partial charge on any atom is -0.332 e. The summed E-state index contributed by atoms with van der Waals surface area (Å²) in [6.45, 7) is 5.00. The van der Waals surface area contributed by atoms with Gasteiger partial charge in [-0.15, -0.1) is 11.8 Å². The molecule has 2 fully saturated rings. The monoisotopic (exact) mass is 434 g/mol. The van der Waals surface area contributed by atoms with E-state index in [0.29, 0.717) is 22.3 Å². The Kier molecular flexibility index (Phi) is 6.31. The van der Waals surface area contributed by atoms with Crippen LogP contribution in [0, 0.1) is 5.92 Å². The third kappa shape index (κ3) is 4.31. The normalized spacial score (nSPS) is 37.7. The quantitative estimate of drug-likeness (QED) is 0.485. The Labute approximate surface area is 180 Å². The number of piperazine rings is 1. The van der Waals surface area contributed by atoms with Gasteiger partial charge in [-0.25, -0.2) is 5.43 Å².